The van der Waals surface area contributed by atoms with Crippen LogP contribution in [-0.2, 0) is 14.2 Å². The van der Waals surface area contributed by atoms with Crippen molar-refractivity contribution >= 4 is 6.09 Å². The first-order valence-corrected chi connectivity index (χ1v) is 5.70. The van der Waals surface area contributed by atoms with Crippen LogP contribution in [0.5, 0.6) is 0 Å². The van der Waals surface area contributed by atoms with Gasteiger partial charge in [0.15, 0.2) is 0 Å². The molecule has 0 radical (unpaired) electrons. The fourth-order valence-corrected chi connectivity index (χ4v) is 1.45. The molecule has 1 saturated carbocycles. The van der Waals surface area contributed by atoms with Gasteiger partial charge in [-0.25, -0.2) is 4.79 Å². The third-order valence-corrected chi connectivity index (χ3v) is 2.48. The molecule has 0 spiro atoms. The van der Waals surface area contributed by atoms with E-state index in [0.29, 0.717) is 13.2 Å². The van der Waals surface area contributed by atoms with Crippen LogP contribution in [0.15, 0.2) is 0 Å². The van der Waals surface area contributed by atoms with Gasteiger partial charge in [0, 0.05) is 26.5 Å². The Hall–Kier alpha value is -0.810. The Bertz CT molecular complexity index is 214. The highest BCUT2D eigenvalue weighted by Crippen LogP contribution is 2.25. The predicted molar refractivity (Wildman–Crippen MR) is 59.4 cm³/mol. The van der Waals surface area contributed by atoms with E-state index < -0.39 is 0 Å². The van der Waals surface area contributed by atoms with Gasteiger partial charge in [-0.05, 0) is 13.8 Å². The maximum atomic E-state index is 11.3. The Morgan fingerprint density at radius 1 is 1.38 bits per heavy atom. The van der Waals surface area contributed by atoms with Crippen LogP contribution in [0.25, 0.3) is 0 Å². The number of hydrogen-bond donors (Lipinski definition) is 1. The normalized spacial score (nSPS) is 24.0. The fraction of sp³-hybridized carbons (Fsp3) is 0.909. The molecule has 0 saturated heterocycles. The molecule has 0 bridgehead atoms. The molecule has 1 aliphatic rings. The molecule has 1 aliphatic carbocycles. The molecule has 94 valence electrons. The highest BCUT2D eigenvalue weighted by molar-refractivity contribution is 5.67. The van der Waals surface area contributed by atoms with Crippen molar-refractivity contribution in [2.75, 3.05) is 20.3 Å². The average Bonchev–Trinajstić information content (AvgIpc) is 2.17. The molecule has 0 aliphatic heterocycles. The summed E-state index contributed by atoms with van der Waals surface area (Å²) in [5.74, 6) is 0. The molecule has 5 nitrogen and oxygen atoms in total. The minimum atomic E-state index is -0.369. The standard InChI is InChI=1S/C11H21NO4/c1-8(2)15-5-4-12-11(13)16-10-6-9(7-10)14-3/h8-10H,4-7H2,1-3H3,(H,12,13). The van der Waals surface area contributed by atoms with E-state index in [0.717, 1.165) is 12.8 Å². The molecule has 0 aromatic carbocycles. The second-order valence-electron chi connectivity index (χ2n) is 4.20. The minimum Gasteiger partial charge on any atom is -0.446 e. The van der Waals surface area contributed by atoms with Gasteiger partial charge in [-0.2, -0.15) is 0 Å². The molecule has 5 heteroatoms. The highest BCUT2D eigenvalue weighted by atomic mass is 16.6. The first-order valence-electron chi connectivity index (χ1n) is 5.70. The van der Waals surface area contributed by atoms with Crippen molar-refractivity contribution in [3.63, 3.8) is 0 Å². The summed E-state index contributed by atoms with van der Waals surface area (Å²) >= 11 is 0. The average molecular weight is 231 g/mol. The smallest absolute Gasteiger partial charge is 0.407 e. The summed E-state index contributed by atoms with van der Waals surface area (Å²) in [7, 11) is 1.67. The molecule has 16 heavy (non-hydrogen) atoms. The van der Waals surface area contributed by atoms with Crippen LogP contribution >= 0.6 is 0 Å². The Balaban J connectivity index is 1.96. The fourth-order valence-electron chi connectivity index (χ4n) is 1.45. The van der Waals surface area contributed by atoms with Crippen molar-refractivity contribution in [3.05, 3.63) is 0 Å². The van der Waals surface area contributed by atoms with Crippen LogP contribution in [0, 0.1) is 0 Å². The zero-order valence-corrected chi connectivity index (χ0v) is 10.2. The molecule has 1 fully saturated rings. The summed E-state index contributed by atoms with van der Waals surface area (Å²) < 4.78 is 15.5. The van der Waals surface area contributed by atoms with Gasteiger partial charge in [0.05, 0.1) is 18.8 Å². The van der Waals surface area contributed by atoms with E-state index in [-0.39, 0.29) is 24.4 Å². The van der Waals surface area contributed by atoms with E-state index >= 15 is 0 Å². The molecule has 1 rings (SSSR count). The summed E-state index contributed by atoms with van der Waals surface area (Å²) in [5.41, 5.74) is 0. The lowest BCUT2D eigenvalue weighted by Gasteiger charge is -2.33. The Kier molecular flexibility index (Phi) is 5.55. The quantitative estimate of drug-likeness (QED) is 0.700. The van der Waals surface area contributed by atoms with E-state index in [1.54, 1.807) is 7.11 Å². The second kappa shape index (κ2) is 6.70. The predicted octanol–water partition coefficient (Wildman–Crippen LogP) is 1.31. The maximum Gasteiger partial charge on any atom is 0.407 e. The Morgan fingerprint density at radius 2 is 2.06 bits per heavy atom. The number of ether oxygens (including phenoxy) is 3. The van der Waals surface area contributed by atoms with E-state index in [4.69, 9.17) is 14.2 Å². The number of alkyl carbamates (subject to hydrolysis) is 1. The van der Waals surface area contributed by atoms with E-state index in [9.17, 15) is 4.79 Å². The van der Waals surface area contributed by atoms with Crippen molar-refractivity contribution in [1.29, 1.82) is 0 Å². The third kappa shape index (κ3) is 4.81. The minimum absolute atomic E-state index is 0.0102. The van der Waals surface area contributed by atoms with E-state index in [1.807, 2.05) is 13.8 Å². The zero-order valence-electron chi connectivity index (χ0n) is 10.2. The summed E-state index contributed by atoms with van der Waals surface area (Å²) in [4.78, 5) is 11.3. The van der Waals surface area contributed by atoms with Gasteiger partial charge in [0.1, 0.15) is 6.10 Å². The lowest BCUT2D eigenvalue weighted by atomic mass is 9.92. The van der Waals surface area contributed by atoms with Gasteiger partial charge in [0.25, 0.3) is 0 Å². The molecule has 0 aromatic rings. The van der Waals surface area contributed by atoms with Crippen LogP contribution in [0.2, 0.25) is 0 Å². The lowest BCUT2D eigenvalue weighted by molar-refractivity contribution is -0.0566. The summed E-state index contributed by atoms with van der Waals surface area (Å²) in [6.45, 7) is 4.91. The lowest BCUT2D eigenvalue weighted by Crippen LogP contribution is -2.41. The van der Waals surface area contributed by atoms with Crippen molar-refractivity contribution in [2.45, 2.75) is 45.0 Å². The van der Waals surface area contributed by atoms with Crippen LogP contribution < -0.4 is 5.32 Å². The number of hydrogen-bond acceptors (Lipinski definition) is 4. The van der Waals surface area contributed by atoms with Gasteiger partial charge in [-0.15, -0.1) is 0 Å². The largest absolute Gasteiger partial charge is 0.446 e. The molecule has 0 atom stereocenters. The molecule has 1 amide bonds. The first kappa shape index (κ1) is 13.3. The van der Waals surface area contributed by atoms with Crippen molar-refractivity contribution in [3.8, 4) is 0 Å². The number of nitrogens with one attached hydrogen (secondary N) is 1. The van der Waals surface area contributed by atoms with E-state index in [2.05, 4.69) is 5.32 Å². The van der Waals surface area contributed by atoms with Gasteiger partial charge in [-0.3, -0.25) is 0 Å². The number of carbonyl (C=O) groups excluding carboxylic acids is 1. The summed E-state index contributed by atoms with van der Waals surface area (Å²) in [6.07, 6.45) is 1.68. The van der Waals surface area contributed by atoms with Crippen LogP contribution in [-0.4, -0.2) is 44.7 Å². The molecule has 1 N–H and O–H groups in total. The topological polar surface area (TPSA) is 56.8 Å². The van der Waals surface area contributed by atoms with E-state index in [1.165, 1.54) is 0 Å². The SMILES string of the molecule is COC1CC(OC(=O)NCCOC(C)C)C1. The van der Waals surface area contributed by atoms with Crippen molar-refractivity contribution in [2.24, 2.45) is 0 Å². The highest BCUT2D eigenvalue weighted by Gasteiger charge is 2.31. The number of carbonyl (C=O) groups is 1. The first-order chi connectivity index (χ1) is 7.61. The second-order valence-corrected chi connectivity index (χ2v) is 4.20. The molecular formula is C11H21NO4. The number of rotatable bonds is 6. The van der Waals surface area contributed by atoms with Crippen LogP contribution in [0.3, 0.4) is 0 Å². The monoisotopic (exact) mass is 231 g/mol. The summed E-state index contributed by atoms with van der Waals surface area (Å²) in [5, 5.41) is 2.64. The number of methoxy groups -OCH3 is 1. The Morgan fingerprint density at radius 3 is 2.62 bits per heavy atom. The van der Waals surface area contributed by atoms with Crippen molar-refractivity contribution < 1.29 is 19.0 Å². The zero-order chi connectivity index (χ0) is 12.0. The molecule has 0 aromatic heterocycles. The molecular weight excluding hydrogens is 210 g/mol. The summed E-state index contributed by atoms with van der Waals surface area (Å²) in [6, 6.07) is 0. The van der Waals surface area contributed by atoms with Crippen molar-refractivity contribution in [1.82, 2.24) is 5.32 Å². The molecule has 0 heterocycles. The van der Waals surface area contributed by atoms with Gasteiger partial charge in [0.2, 0.25) is 0 Å². The van der Waals surface area contributed by atoms with Gasteiger partial charge >= 0.3 is 6.09 Å². The number of amides is 1. The molecule has 0 unspecified atom stereocenters. The Labute approximate surface area is 96.4 Å². The van der Waals surface area contributed by atoms with Crippen LogP contribution in [0.4, 0.5) is 4.79 Å². The van der Waals surface area contributed by atoms with Gasteiger partial charge < -0.3 is 19.5 Å². The maximum absolute atomic E-state index is 11.3. The van der Waals surface area contributed by atoms with Gasteiger partial charge in [-0.1, -0.05) is 0 Å². The third-order valence-electron chi connectivity index (χ3n) is 2.48. The van der Waals surface area contributed by atoms with Crippen LogP contribution in [0.1, 0.15) is 26.7 Å².